The van der Waals surface area contributed by atoms with E-state index in [0.717, 1.165) is 11.4 Å². The van der Waals surface area contributed by atoms with Gasteiger partial charge in [0.15, 0.2) is 0 Å². The zero-order valence-corrected chi connectivity index (χ0v) is 16.4. The molecule has 0 atom stereocenters. The van der Waals surface area contributed by atoms with Crippen molar-refractivity contribution >= 4 is 46.0 Å². The van der Waals surface area contributed by atoms with Gasteiger partial charge in [0.05, 0.1) is 28.2 Å². The van der Waals surface area contributed by atoms with Crippen molar-refractivity contribution in [3.05, 3.63) is 88.9 Å². The van der Waals surface area contributed by atoms with E-state index in [1.54, 1.807) is 36.4 Å². The molecule has 0 fully saturated rings. The molecule has 150 valence electrons. The highest BCUT2D eigenvalue weighted by Gasteiger charge is 2.13. The van der Waals surface area contributed by atoms with Crippen molar-refractivity contribution < 1.29 is 19.8 Å². The zero-order valence-electron chi connectivity index (χ0n) is 15.6. The summed E-state index contributed by atoms with van der Waals surface area (Å²) >= 11 is 1.52. The number of hydrogen-bond donors (Lipinski definition) is 4. The molecule has 2 heterocycles. The highest BCUT2D eigenvalue weighted by molar-refractivity contribution is 7.08. The second kappa shape index (κ2) is 8.14. The number of para-hydroxylation sites is 1. The Bertz CT molecular complexity index is 1210. The third-order valence-corrected chi connectivity index (χ3v) is 5.14. The van der Waals surface area contributed by atoms with Crippen molar-refractivity contribution in [1.29, 1.82) is 0 Å². The number of carbonyl (C=O) groups is 2. The summed E-state index contributed by atoms with van der Waals surface area (Å²) in [6.45, 7) is 0. The molecule has 0 unspecified atom stereocenters. The molecule has 0 bridgehead atoms. The van der Waals surface area contributed by atoms with Crippen molar-refractivity contribution in [3.8, 4) is 5.69 Å². The quantitative estimate of drug-likeness (QED) is 0.319. The Morgan fingerprint density at radius 3 is 2.30 bits per heavy atom. The maximum absolute atomic E-state index is 11.6. The lowest BCUT2D eigenvalue weighted by Crippen LogP contribution is -2.04. The summed E-state index contributed by atoms with van der Waals surface area (Å²) in [5.74, 6) is -2.02. The SMILES string of the molecule is O=C(O)c1ccccc1Nc1ccn(-c2ccc(C(=O)O)c(Nc3ccsc3)c2)c1. The van der Waals surface area contributed by atoms with E-state index in [0.29, 0.717) is 17.1 Å². The van der Waals surface area contributed by atoms with Gasteiger partial charge in [0, 0.05) is 29.1 Å². The van der Waals surface area contributed by atoms with Crippen LogP contribution >= 0.6 is 11.3 Å². The van der Waals surface area contributed by atoms with Crippen LogP contribution < -0.4 is 10.6 Å². The van der Waals surface area contributed by atoms with Crippen LogP contribution in [-0.4, -0.2) is 26.7 Å². The van der Waals surface area contributed by atoms with Gasteiger partial charge in [-0.05, 0) is 47.8 Å². The van der Waals surface area contributed by atoms with Crippen molar-refractivity contribution in [3.63, 3.8) is 0 Å². The third-order valence-electron chi connectivity index (χ3n) is 4.46. The van der Waals surface area contributed by atoms with Crippen LogP contribution in [-0.2, 0) is 0 Å². The molecule has 0 amide bonds. The molecule has 0 radical (unpaired) electrons. The largest absolute Gasteiger partial charge is 0.478 e. The first kappa shape index (κ1) is 19.3. The van der Waals surface area contributed by atoms with Crippen LogP contribution in [0, 0.1) is 0 Å². The number of carboxylic acids is 2. The molecule has 0 saturated heterocycles. The number of nitrogens with one attached hydrogen (secondary N) is 2. The highest BCUT2D eigenvalue weighted by Crippen LogP contribution is 2.27. The first-order chi connectivity index (χ1) is 14.5. The van der Waals surface area contributed by atoms with Gasteiger partial charge >= 0.3 is 11.9 Å². The first-order valence-electron chi connectivity index (χ1n) is 8.95. The minimum absolute atomic E-state index is 0.172. The predicted molar refractivity (Wildman–Crippen MR) is 117 cm³/mol. The molecule has 2 aromatic carbocycles. The average Bonchev–Trinajstić information content (AvgIpc) is 3.40. The molecular weight excluding hydrogens is 402 g/mol. The molecule has 0 aliphatic heterocycles. The number of aromatic nitrogens is 1. The summed E-state index contributed by atoms with van der Waals surface area (Å²) in [6.07, 6.45) is 3.62. The summed E-state index contributed by atoms with van der Waals surface area (Å²) in [5, 5.41) is 28.9. The second-order valence-corrected chi connectivity index (χ2v) is 7.24. The molecule has 4 N–H and O–H groups in total. The molecule has 2 aromatic heterocycles. The molecule has 30 heavy (non-hydrogen) atoms. The summed E-state index contributed by atoms with van der Waals surface area (Å²) in [4.78, 5) is 23.0. The normalized spacial score (nSPS) is 10.5. The lowest BCUT2D eigenvalue weighted by Gasteiger charge is -2.12. The number of benzene rings is 2. The number of hydrogen-bond acceptors (Lipinski definition) is 5. The predicted octanol–water partition coefficient (Wildman–Crippen LogP) is 5.42. The Morgan fingerprint density at radius 2 is 1.57 bits per heavy atom. The number of nitrogens with zero attached hydrogens (tertiary/aromatic N) is 1. The fourth-order valence-corrected chi connectivity index (χ4v) is 3.63. The fourth-order valence-electron chi connectivity index (χ4n) is 3.04. The van der Waals surface area contributed by atoms with Gasteiger partial charge in [-0.25, -0.2) is 9.59 Å². The number of carboxylic acid groups (broad SMARTS) is 2. The number of anilines is 4. The van der Waals surface area contributed by atoms with E-state index in [1.165, 1.54) is 17.4 Å². The van der Waals surface area contributed by atoms with Crippen LogP contribution in [0.15, 0.2) is 77.8 Å². The summed E-state index contributed by atoms with van der Waals surface area (Å²) in [5.41, 5.74) is 3.61. The van der Waals surface area contributed by atoms with Crippen molar-refractivity contribution in [2.45, 2.75) is 0 Å². The van der Waals surface area contributed by atoms with Gasteiger partial charge in [-0.15, -0.1) is 0 Å². The van der Waals surface area contributed by atoms with Crippen LogP contribution in [0.4, 0.5) is 22.7 Å². The Hall–Kier alpha value is -4.04. The fraction of sp³-hybridized carbons (Fsp3) is 0. The summed E-state index contributed by atoms with van der Waals surface area (Å²) < 4.78 is 1.83. The Morgan fingerprint density at radius 1 is 0.833 bits per heavy atom. The van der Waals surface area contributed by atoms with Crippen LogP contribution in [0.3, 0.4) is 0 Å². The Labute approximate surface area is 175 Å². The maximum atomic E-state index is 11.6. The maximum Gasteiger partial charge on any atom is 0.337 e. The van der Waals surface area contributed by atoms with E-state index >= 15 is 0 Å². The summed E-state index contributed by atoms with van der Waals surface area (Å²) in [6, 6.07) is 15.4. The van der Waals surface area contributed by atoms with E-state index in [-0.39, 0.29) is 11.1 Å². The van der Waals surface area contributed by atoms with Crippen molar-refractivity contribution in [2.24, 2.45) is 0 Å². The molecule has 7 nitrogen and oxygen atoms in total. The van der Waals surface area contributed by atoms with Crippen LogP contribution in [0.2, 0.25) is 0 Å². The minimum atomic E-state index is -1.01. The zero-order chi connectivity index (χ0) is 21.1. The van der Waals surface area contributed by atoms with E-state index in [9.17, 15) is 19.8 Å². The van der Waals surface area contributed by atoms with Crippen LogP contribution in [0.1, 0.15) is 20.7 Å². The average molecular weight is 419 g/mol. The third kappa shape index (κ3) is 4.03. The van der Waals surface area contributed by atoms with Crippen molar-refractivity contribution in [1.82, 2.24) is 4.57 Å². The molecule has 0 spiro atoms. The standard InChI is InChI=1S/C22H17N3O4S/c26-21(27)17-3-1-2-4-19(17)23-14-7-9-25(12-14)16-5-6-18(22(28)29)20(11-16)24-15-8-10-30-13-15/h1-13,23-24H,(H,26,27)(H,28,29). The van der Waals surface area contributed by atoms with Gasteiger partial charge in [0.1, 0.15) is 0 Å². The lowest BCUT2D eigenvalue weighted by molar-refractivity contribution is 0.0687. The molecule has 4 aromatic rings. The highest BCUT2D eigenvalue weighted by atomic mass is 32.1. The number of rotatable bonds is 7. The van der Waals surface area contributed by atoms with Crippen LogP contribution in [0.25, 0.3) is 5.69 Å². The van der Waals surface area contributed by atoms with E-state index in [1.807, 2.05) is 39.9 Å². The number of thiophene rings is 1. The minimum Gasteiger partial charge on any atom is -0.478 e. The second-order valence-electron chi connectivity index (χ2n) is 6.46. The lowest BCUT2D eigenvalue weighted by atomic mass is 10.1. The molecule has 0 saturated carbocycles. The van der Waals surface area contributed by atoms with Gasteiger partial charge in [0.2, 0.25) is 0 Å². The van der Waals surface area contributed by atoms with E-state index in [4.69, 9.17) is 0 Å². The van der Waals surface area contributed by atoms with Gasteiger partial charge in [0.25, 0.3) is 0 Å². The van der Waals surface area contributed by atoms with Gasteiger partial charge < -0.3 is 25.4 Å². The first-order valence-corrected chi connectivity index (χ1v) is 9.90. The monoisotopic (exact) mass is 419 g/mol. The van der Waals surface area contributed by atoms with Crippen molar-refractivity contribution in [2.75, 3.05) is 10.6 Å². The molecule has 4 rings (SSSR count). The molecule has 0 aliphatic carbocycles. The van der Waals surface area contributed by atoms with Gasteiger partial charge in [-0.2, -0.15) is 11.3 Å². The molecule has 8 heteroatoms. The summed E-state index contributed by atoms with van der Waals surface area (Å²) in [7, 11) is 0. The topological polar surface area (TPSA) is 104 Å². The molecule has 0 aliphatic rings. The van der Waals surface area contributed by atoms with Gasteiger partial charge in [-0.1, -0.05) is 12.1 Å². The number of aromatic carboxylic acids is 2. The van der Waals surface area contributed by atoms with E-state index in [2.05, 4.69) is 10.6 Å². The van der Waals surface area contributed by atoms with E-state index < -0.39 is 11.9 Å². The van der Waals surface area contributed by atoms with Crippen LogP contribution in [0.5, 0.6) is 0 Å². The smallest absolute Gasteiger partial charge is 0.337 e. The Kier molecular flexibility index (Phi) is 5.23. The molecular formula is C22H17N3O4S. The Balaban J connectivity index is 1.63. The van der Waals surface area contributed by atoms with Gasteiger partial charge in [-0.3, -0.25) is 0 Å².